The van der Waals surface area contributed by atoms with Crippen molar-refractivity contribution in [3.8, 4) is 0 Å². The van der Waals surface area contributed by atoms with Gasteiger partial charge in [-0.2, -0.15) is 0 Å². The van der Waals surface area contributed by atoms with E-state index in [4.69, 9.17) is 5.73 Å². The summed E-state index contributed by atoms with van der Waals surface area (Å²) in [5.74, 6) is -0.298. The van der Waals surface area contributed by atoms with E-state index in [9.17, 15) is 9.18 Å². The molecule has 1 unspecified atom stereocenters. The average molecular weight is 282 g/mol. The van der Waals surface area contributed by atoms with Gasteiger partial charge in [0.25, 0.3) is 5.56 Å². The number of hydrogen-bond donors (Lipinski definition) is 1. The number of fused-ring (bicyclic) bond motifs is 1. The Morgan fingerprint density at radius 3 is 2.48 bits per heavy atom. The molecular weight excluding hydrogens is 267 g/mol. The molecule has 0 aliphatic heterocycles. The van der Waals surface area contributed by atoms with E-state index in [-0.39, 0.29) is 17.4 Å². The molecule has 2 aromatic carbocycles. The highest BCUT2D eigenvalue weighted by Crippen LogP contribution is 2.16. The van der Waals surface area contributed by atoms with Crippen molar-refractivity contribution in [1.82, 2.24) is 4.57 Å². The number of aromatic nitrogens is 1. The molecule has 3 nitrogen and oxygen atoms in total. The third kappa shape index (κ3) is 2.71. The highest BCUT2D eigenvalue weighted by Gasteiger charge is 2.10. The van der Waals surface area contributed by atoms with Crippen LogP contribution in [0.3, 0.4) is 0 Å². The number of hydrogen-bond acceptors (Lipinski definition) is 2. The van der Waals surface area contributed by atoms with Gasteiger partial charge in [-0.3, -0.25) is 4.79 Å². The van der Waals surface area contributed by atoms with Crippen LogP contribution in [0.2, 0.25) is 0 Å². The van der Waals surface area contributed by atoms with Gasteiger partial charge >= 0.3 is 0 Å². The summed E-state index contributed by atoms with van der Waals surface area (Å²) in [6.07, 6.45) is 0. The number of nitrogens with zero attached hydrogens (tertiary/aromatic N) is 1. The third-order valence-electron chi connectivity index (χ3n) is 3.58. The molecule has 1 aromatic heterocycles. The lowest BCUT2D eigenvalue weighted by Crippen LogP contribution is -2.26. The van der Waals surface area contributed by atoms with E-state index in [0.717, 1.165) is 16.5 Å². The highest BCUT2D eigenvalue weighted by atomic mass is 19.1. The third-order valence-corrected chi connectivity index (χ3v) is 3.58. The standard InChI is InChI=1S/C17H15FN2O/c18-14-8-5-12(6-9-14)15(19)11-20-16-4-2-1-3-13(16)7-10-17(20)21/h1-10,15H,11,19H2. The van der Waals surface area contributed by atoms with Crippen LogP contribution < -0.4 is 11.3 Å². The minimum absolute atomic E-state index is 0.0914. The van der Waals surface area contributed by atoms with Gasteiger partial charge in [0.05, 0.1) is 5.52 Å². The second-order valence-electron chi connectivity index (χ2n) is 5.00. The molecule has 106 valence electrons. The van der Waals surface area contributed by atoms with Crippen LogP contribution in [0.25, 0.3) is 10.9 Å². The quantitative estimate of drug-likeness (QED) is 0.803. The molecule has 0 aliphatic carbocycles. The summed E-state index contributed by atoms with van der Waals surface area (Å²) < 4.78 is 14.6. The molecule has 0 fully saturated rings. The van der Waals surface area contributed by atoms with Crippen molar-refractivity contribution in [2.45, 2.75) is 12.6 Å². The van der Waals surface area contributed by atoms with E-state index in [0.29, 0.717) is 6.54 Å². The normalized spacial score (nSPS) is 12.5. The first-order valence-electron chi connectivity index (χ1n) is 6.75. The number of pyridine rings is 1. The zero-order valence-electron chi connectivity index (χ0n) is 11.4. The molecule has 0 bridgehead atoms. The minimum Gasteiger partial charge on any atom is -0.322 e. The lowest BCUT2D eigenvalue weighted by molar-refractivity contribution is 0.574. The number of nitrogens with two attached hydrogens (primary N) is 1. The largest absolute Gasteiger partial charge is 0.322 e. The first kappa shape index (κ1) is 13.5. The van der Waals surface area contributed by atoms with Crippen molar-refractivity contribution in [2.75, 3.05) is 0 Å². The average Bonchev–Trinajstić information content (AvgIpc) is 2.51. The lowest BCUT2D eigenvalue weighted by atomic mass is 10.1. The van der Waals surface area contributed by atoms with Gasteiger partial charge in [-0.05, 0) is 35.2 Å². The van der Waals surface area contributed by atoms with Gasteiger partial charge in [0.2, 0.25) is 0 Å². The number of benzene rings is 2. The fourth-order valence-corrected chi connectivity index (χ4v) is 2.44. The first-order valence-corrected chi connectivity index (χ1v) is 6.75. The summed E-state index contributed by atoms with van der Waals surface area (Å²) >= 11 is 0. The predicted molar refractivity (Wildman–Crippen MR) is 81.5 cm³/mol. The number of rotatable bonds is 3. The molecule has 3 aromatic rings. The molecule has 4 heteroatoms. The maximum absolute atomic E-state index is 13.0. The minimum atomic E-state index is -0.367. The summed E-state index contributed by atoms with van der Waals surface area (Å²) in [5, 5.41) is 0.989. The molecule has 0 saturated carbocycles. The van der Waals surface area contributed by atoms with E-state index >= 15 is 0 Å². The lowest BCUT2D eigenvalue weighted by Gasteiger charge is -2.16. The van der Waals surface area contributed by atoms with Gasteiger partial charge in [-0.1, -0.05) is 30.3 Å². The second kappa shape index (κ2) is 5.50. The Morgan fingerprint density at radius 1 is 1.00 bits per heavy atom. The van der Waals surface area contributed by atoms with Crippen molar-refractivity contribution in [3.63, 3.8) is 0 Å². The Morgan fingerprint density at radius 2 is 1.71 bits per heavy atom. The molecule has 2 N–H and O–H groups in total. The Kier molecular flexibility index (Phi) is 3.54. The van der Waals surface area contributed by atoms with Gasteiger partial charge in [0.15, 0.2) is 0 Å². The molecular formula is C17H15FN2O. The zero-order chi connectivity index (χ0) is 14.8. The van der Waals surface area contributed by atoms with Gasteiger partial charge in [0, 0.05) is 18.7 Å². The fourth-order valence-electron chi connectivity index (χ4n) is 2.44. The van der Waals surface area contributed by atoms with Crippen LogP contribution in [-0.2, 0) is 6.54 Å². The Bertz CT molecular complexity index is 824. The van der Waals surface area contributed by atoms with Crippen LogP contribution in [0.15, 0.2) is 65.5 Å². The van der Waals surface area contributed by atoms with Crippen molar-refractivity contribution >= 4 is 10.9 Å². The van der Waals surface area contributed by atoms with Crippen LogP contribution in [0.5, 0.6) is 0 Å². The maximum Gasteiger partial charge on any atom is 0.251 e. The van der Waals surface area contributed by atoms with E-state index in [1.807, 2.05) is 24.3 Å². The van der Waals surface area contributed by atoms with Crippen LogP contribution >= 0.6 is 0 Å². The Balaban J connectivity index is 1.99. The van der Waals surface area contributed by atoms with Crippen LogP contribution in [0, 0.1) is 5.82 Å². The molecule has 3 rings (SSSR count). The van der Waals surface area contributed by atoms with Crippen LogP contribution in [0.4, 0.5) is 4.39 Å². The molecule has 1 atom stereocenters. The van der Waals surface area contributed by atoms with Crippen molar-refractivity contribution in [3.05, 3.63) is 82.4 Å². The molecule has 0 radical (unpaired) electrons. The SMILES string of the molecule is NC(Cn1c(=O)ccc2ccccc21)c1ccc(F)cc1. The van der Waals surface area contributed by atoms with Gasteiger partial charge in [0.1, 0.15) is 5.82 Å². The molecule has 0 spiro atoms. The first-order chi connectivity index (χ1) is 10.1. The summed E-state index contributed by atoms with van der Waals surface area (Å²) in [7, 11) is 0. The molecule has 0 aliphatic rings. The van der Waals surface area contributed by atoms with E-state index in [1.165, 1.54) is 12.1 Å². The summed E-state index contributed by atoms with van der Waals surface area (Å²) in [4.78, 5) is 12.1. The Hall–Kier alpha value is -2.46. The van der Waals surface area contributed by atoms with Gasteiger partial charge in [-0.25, -0.2) is 4.39 Å². The summed E-state index contributed by atoms with van der Waals surface area (Å²) in [6.45, 7) is 0.353. The number of para-hydroxylation sites is 1. The molecule has 1 heterocycles. The maximum atomic E-state index is 13.0. The molecule has 0 amide bonds. The summed E-state index contributed by atoms with van der Waals surface area (Å²) in [5.41, 5.74) is 7.72. The van der Waals surface area contributed by atoms with Crippen molar-refractivity contribution in [1.29, 1.82) is 0 Å². The van der Waals surface area contributed by atoms with Crippen molar-refractivity contribution < 1.29 is 4.39 Å². The van der Waals surface area contributed by atoms with Crippen LogP contribution in [0.1, 0.15) is 11.6 Å². The second-order valence-corrected chi connectivity index (χ2v) is 5.00. The Labute approximate surface area is 121 Å². The van der Waals surface area contributed by atoms with Crippen LogP contribution in [-0.4, -0.2) is 4.57 Å². The monoisotopic (exact) mass is 282 g/mol. The van der Waals surface area contributed by atoms with E-state index in [2.05, 4.69) is 0 Å². The highest BCUT2D eigenvalue weighted by molar-refractivity contribution is 5.78. The fraction of sp³-hybridized carbons (Fsp3) is 0.118. The molecule has 0 saturated heterocycles. The topological polar surface area (TPSA) is 48.0 Å². The molecule has 21 heavy (non-hydrogen) atoms. The zero-order valence-corrected chi connectivity index (χ0v) is 11.4. The predicted octanol–water partition coefficient (Wildman–Crippen LogP) is 2.84. The van der Waals surface area contributed by atoms with E-state index < -0.39 is 0 Å². The van der Waals surface area contributed by atoms with Gasteiger partial charge < -0.3 is 10.3 Å². The summed E-state index contributed by atoms with van der Waals surface area (Å²) in [6, 6.07) is 16.7. The number of halogens is 1. The smallest absolute Gasteiger partial charge is 0.251 e. The van der Waals surface area contributed by atoms with Crippen molar-refractivity contribution in [2.24, 2.45) is 5.73 Å². The van der Waals surface area contributed by atoms with E-state index in [1.54, 1.807) is 28.8 Å². The van der Waals surface area contributed by atoms with Gasteiger partial charge in [-0.15, -0.1) is 0 Å².